The fraction of sp³-hybridized carbons (Fsp3) is 1.00. The highest BCUT2D eigenvalue weighted by molar-refractivity contribution is 8.77. The molecule has 62 heavy (non-hydrogen) atoms. The maximum Gasteiger partial charge on any atom is 0.186 e. The molecule has 0 radical (unpaired) electrons. The Kier molecular flexibility index (Phi) is 24.9. The van der Waals surface area contributed by atoms with Gasteiger partial charge in [-0.15, -0.1) is 0 Å². The molecule has 4 fully saturated rings. The van der Waals surface area contributed by atoms with Crippen molar-refractivity contribution in [3.8, 4) is 0 Å². The molecule has 0 aromatic heterocycles. The standard InChI is InChI=1S/C40H74O20S2/c1-3-5-7-9-11-13-15-53-37-29(49)27(47)33(23(19-43)57-37)59-39-31(51)35(25(45)21(17-41)55-39)61-62-36-26(46)22(18-42)56-40(32(36)52)60-34-24(20-44)58-38(30(50)28(34)48)54-16-14-12-10-8-6-4-2/h21-52H,3-20H2,1-2H3/t21-,22-,23-,24-,25+,26+,27-,28-,29-,30-,31-,32-,33-,34-,35+,36+,37-,38-,39+,40+/m1/s1. The lowest BCUT2D eigenvalue weighted by Crippen LogP contribution is -2.64. The second kappa shape index (κ2) is 28.3. The van der Waals surface area contributed by atoms with Gasteiger partial charge < -0.3 is 99.2 Å². The molecule has 20 atom stereocenters. The first-order valence-corrected chi connectivity index (χ1v) is 24.5. The minimum Gasteiger partial charge on any atom is -0.394 e. The predicted octanol–water partition coefficient (Wildman–Crippen LogP) is -1.61. The average molecular weight is 939 g/mol. The fourth-order valence-electron chi connectivity index (χ4n) is 7.88. The molecule has 12 N–H and O–H groups in total. The largest absolute Gasteiger partial charge is 0.394 e. The van der Waals surface area contributed by atoms with Crippen LogP contribution in [0.1, 0.15) is 90.9 Å². The van der Waals surface area contributed by atoms with Crippen LogP contribution in [0.25, 0.3) is 0 Å². The van der Waals surface area contributed by atoms with E-state index in [1.807, 2.05) is 0 Å². The Bertz CT molecular complexity index is 1110. The summed E-state index contributed by atoms with van der Waals surface area (Å²) in [4.78, 5) is 0. The van der Waals surface area contributed by atoms with Crippen LogP contribution < -0.4 is 0 Å². The van der Waals surface area contributed by atoms with Crippen LogP contribution in [0.15, 0.2) is 0 Å². The van der Waals surface area contributed by atoms with Crippen molar-refractivity contribution in [3.63, 3.8) is 0 Å². The van der Waals surface area contributed by atoms with Crippen molar-refractivity contribution >= 4 is 21.6 Å². The van der Waals surface area contributed by atoms with Crippen molar-refractivity contribution in [2.75, 3.05) is 39.6 Å². The van der Waals surface area contributed by atoms with Crippen LogP contribution in [0.5, 0.6) is 0 Å². The van der Waals surface area contributed by atoms with E-state index < -0.39 is 148 Å². The highest BCUT2D eigenvalue weighted by Crippen LogP contribution is 2.45. The Morgan fingerprint density at radius 1 is 0.371 bits per heavy atom. The predicted molar refractivity (Wildman–Crippen MR) is 222 cm³/mol. The Morgan fingerprint density at radius 3 is 1.03 bits per heavy atom. The van der Waals surface area contributed by atoms with Gasteiger partial charge in [0.2, 0.25) is 0 Å². The smallest absolute Gasteiger partial charge is 0.186 e. The van der Waals surface area contributed by atoms with E-state index in [0.29, 0.717) is 12.8 Å². The molecule has 4 rings (SSSR count). The third kappa shape index (κ3) is 14.7. The van der Waals surface area contributed by atoms with Crippen molar-refractivity contribution < 1.29 is 99.2 Å². The molecule has 0 aliphatic carbocycles. The third-order valence-corrected chi connectivity index (χ3v) is 15.0. The van der Waals surface area contributed by atoms with Gasteiger partial charge >= 0.3 is 0 Å². The van der Waals surface area contributed by atoms with E-state index in [1.54, 1.807) is 0 Å². The summed E-state index contributed by atoms with van der Waals surface area (Å²) >= 11 is 0. The van der Waals surface area contributed by atoms with E-state index in [9.17, 15) is 61.3 Å². The lowest BCUT2D eigenvalue weighted by atomic mass is 9.98. The van der Waals surface area contributed by atoms with Gasteiger partial charge in [-0.3, -0.25) is 0 Å². The van der Waals surface area contributed by atoms with Crippen molar-refractivity contribution in [1.82, 2.24) is 0 Å². The van der Waals surface area contributed by atoms with E-state index in [0.717, 1.165) is 85.8 Å². The lowest BCUT2D eigenvalue weighted by Gasteiger charge is -2.48. The second-order valence-electron chi connectivity index (χ2n) is 16.4. The van der Waals surface area contributed by atoms with Crippen LogP contribution >= 0.6 is 21.6 Å². The van der Waals surface area contributed by atoms with Crippen molar-refractivity contribution in [2.24, 2.45) is 0 Å². The zero-order chi connectivity index (χ0) is 45.3. The Labute approximate surface area is 371 Å². The molecule has 0 aromatic rings. The summed E-state index contributed by atoms with van der Waals surface area (Å²) in [6.45, 7) is 1.86. The Hall–Kier alpha value is -0.100. The third-order valence-electron chi connectivity index (χ3n) is 11.7. The summed E-state index contributed by atoms with van der Waals surface area (Å²) in [5.74, 6) is 0. The van der Waals surface area contributed by atoms with Gasteiger partial charge in [0.05, 0.1) is 49.1 Å². The molecule has 4 saturated heterocycles. The number of hydrogen-bond donors (Lipinski definition) is 12. The van der Waals surface area contributed by atoms with Crippen LogP contribution in [-0.4, -0.2) is 222 Å². The van der Waals surface area contributed by atoms with Crippen molar-refractivity contribution in [2.45, 2.75) is 212 Å². The molecule has 0 unspecified atom stereocenters. The van der Waals surface area contributed by atoms with Gasteiger partial charge in [-0.25, -0.2) is 0 Å². The zero-order valence-electron chi connectivity index (χ0n) is 35.7. The molecule has 4 aliphatic heterocycles. The Morgan fingerprint density at radius 2 is 0.694 bits per heavy atom. The average Bonchev–Trinajstić information content (AvgIpc) is 3.27. The van der Waals surface area contributed by atoms with Crippen LogP contribution in [0.2, 0.25) is 0 Å². The minimum absolute atomic E-state index is 0.238. The van der Waals surface area contributed by atoms with Gasteiger partial charge in [0.15, 0.2) is 25.2 Å². The first kappa shape index (κ1) is 54.5. The Balaban J connectivity index is 1.38. The van der Waals surface area contributed by atoms with E-state index in [-0.39, 0.29) is 13.2 Å². The van der Waals surface area contributed by atoms with Crippen molar-refractivity contribution in [3.05, 3.63) is 0 Å². The molecule has 0 spiro atoms. The molecule has 4 aliphatic rings. The van der Waals surface area contributed by atoms with Crippen molar-refractivity contribution in [1.29, 1.82) is 0 Å². The molecule has 0 amide bonds. The molecule has 4 heterocycles. The molecular formula is C40H74O20S2. The summed E-state index contributed by atoms with van der Waals surface area (Å²) < 4.78 is 46.0. The molecule has 0 bridgehead atoms. The summed E-state index contributed by atoms with van der Waals surface area (Å²) in [6, 6.07) is 0. The monoisotopic (exact) mass is 938 g/mol. The van der Waals surface area contributed by atoms with Gasteiger partial charge in [0, 0.05) is 13.2 Å². The van der Waals surface area contributed by atoms with Gasteiger partial charge in [-0.1, -0.05) is 99.6 Å². The van der Waals surface area contributed by atoms with Crippen LogP contribution in [-0.2, 0) is 37.9 Å². The number of ether oxygens (including phenoxy) is 8. The van der Waals surface area contributed by atoms with Gasteiger partial charge in [0.1, 0.15) is 73.2 Å². The topological polar surface area (TPSA) is 317 Å². The molecule has 0 saturated carbocycles. The molecule has 0 aromatic carbocycles. The van der Waals surface area contributed by atoms with Crippen LogP contribution in [0.4, 0.5) is 0 Å². The van der Waals surface area contributed by atoms with E-state index in [4.69, 9.17) is 37.9 Å². The van der Waals surface area contributed by atoms with Crippen LogP contribution in [0, 0.1) is 0 Å². The summed E-state index contributed by atoms with van der Waals surface area (Å²) in [7, 11) is 1.54. The quantitative estimate of drug-likeness (QED) is 0.0326. The second-order valence-corrected chi connectivity index (χ2v) is 19.1. The normalized spacial score (nSPS) is 41.7. The fourth-order valence-corrected chi connectivity index (χ4v) is 11.3. The SMILES string of the molecule is CCCCCCCCO[C@@H]1O[C@H](CO)[C@@H](O[C@@H]2O[C@H](CO)[C@H](O)[C@H](SS[C@H]3[C@@H](O)[C@@H](CO)O[C@@H](O[C@H]4[C@H](O)[C@@H](O)[C@H](OCCCCCCCC)O[C@@H]4CO)[C@@H]3O)[C@H]2O)[C@H](O)[C@H]1O. The minimum atomic E-state index is -1.72. The number of hydrogen-bond acceptors (Lipinski definition) is 22. The van der Waals surface area contributed by atoms with Gasteiger partial charge in [0.25, 0.3) is 0 Å². The zero-order valence-corrected chi connectivity index (χ0v) is 37.4. The summed E-state index contributed by atoms with van der Waals surface area (Å²) in [5.41, 5.74) is 0. The molecular weight excluding hydrogens is 865 g/mol. The maximum absolute atomic E-state index is 11.5. The molecule has 20 nitrogen and oxygen atoms in total. The number of aliphatic hydroxyl groups is 12. The van der Waals surface area contributed by atoms with E-state index >= 15 is 0 Å². The summed E-state index contributed by atoms with van der Waals surface area (Å²) in [5, 5.41) is 127. The van der Waals surface area contributed by atoms with Gasteiger partial charge in [-0.05, 0) is 12.8 Å². The van der Waals surface area contributed by atoms with E-state index in [2.05, 4.69) is 13.8 Å². The highest BCUT2D eigenvalue weighted by atomic mass is 33.1. The van der Waals surface area contributed by atoms with Gasteiger partial charge in [-0.2, -0.15) is 0 Å². The first-order valence-electron chi connectivity index (χ1n) is 22.2. The lowest BCUT2D eigenvalue weighted by molar-refractivity contribution is -0.348. The number of aliphatic hydroxyl groups excluding tert-OH is 12. The summed E-state index contributed by atoms with van der Waals surface area (Å²) in [6.07, 6.45) is -15.3. The maximum atomic E-state index is 11.5. The first-order chi connectivity index (χ1) is 29.9. The highest BCUT2D eigenvalue weighted by Gasteiger charge is 2.54. The molecule has 22 heteroatoms. The van der Waals surface area contributed by atoms with Crippen LogP contribution in [0.3, 0.4) is 0 Å². The number of unbranched alkanes of at least 4 members (excludes halogenated alkanes) is 10. The van der Waals surface area contributed by atoms with E-state index in [1.165, 1.54) is 0 Å². The number of rotatable bonds is 27. The molecule has 366 valence electrons.